The molecule has 0 aliphatic carbocycles. The highest BCUT2D eigenvalue weighted by Gasteiger charge is 2.15. The SMILES string of the molecule is Cl.Cl.Cl.O=c1c(CNCCN2CCOCC2)c(NCCN2CCOCC2)nc2ccccn12. The molecular weight excluding hydrogens is 491 g/mol. The van der Waals surface area contributed by atoms with Gasteiger partial charge in [0, 0.05) is 65.1 Å². The monoisotopic (exact) mass is 524 g/mol. The van der Waals surface area contributed by atoms with Gasteiger partial charge in [0.1, 0.15) is 11.5 Å². The Balaban J connectivity index is 0.00000181. The molecule has 2 N–H and O–H groups in total. The fraction of sp³-hybridized carbons (Fsp3) is 0.619. The molecule has 0 saturated carbocycles. The Kier molecular flexibility index (Phi) is 14.2. The lowest BCUT2D eigenvalue weighted by atomic mass is 10.2. The maximum absolute atomic E-state index is 13.1. The van der Waals surface area contributed by atoms with Crippen LogP contribution in [0.15, 0.2) is 29.2 Å². The third kappa shape index (κ3) is 8.52. The van der Waals surface area contributed by atoms with Crippen molar-refractivity contribution in [2.75, 3.05) is 84.1 Å². The summed E-state index contributed by atoms with van der Waals surface area (Å²) < 4.78 is 12.4. The van der Waals surface area contributed by atoms with Crippen molar-refractivity contribution in [2.45, 2.75) is 6.54 Å². The summed E-state index contributed by atoms with van der Waals surface area (Å²) in [5.74, 6) is 0.679. The molecule has 2 saturated heterocycles. The zero-order valence-corrected chi connectivity index (χ0v) is 21.2. The first-order valence-electron chi connectivity index (χ1n) is 10.9. The number of morpholine rings is 2. The summed E-state index contributed by atoms with van der Waals surface area (Å²) in [6.07, 6.45) is 1.78. The summed E-state index contributed by atoms with van der Waals surface area (Å²) in [5.41, 5.74) is 1.32. The maximum Gasteiger partial charge on any atom is 0.264 e. The average molecular weight is 526 g/mol. The van der Waals surface area contributed by atoms with Crippen molar-refractivity contribution in [1.29, 1.82) is 0 Å². The number of hydrogen-bond acceptors (Lipinski definition) is 8. The van der Waals surface area contributed by atoms with Crippen LogP contribution >= 0.6 is 37.2 Å². The molecule has 0 spiro atoms. The number of hydrogen-bond donors (Lipinski definition) is 2. The van der Waals surface area contributed by atoms with Crippen LogP contribution in [0.25, 0.3) is 5.65 Å². The lowest BCUT2D eigenvalue weighted by Crippen LogP contribution is -2.40. The summed E-state index contributed by atoms with van der Waals surface area (Å²) in [7, 11) is 0. The van der Waals surface area contributed by atoms with Gasteiger partial charge in [-0.1, -0.05) is 6.07 Å². The van der Waals surface area contributed by atoms with Crippen molar-refractivity contribution >= 4 is 48.7 Å². The van der Waals surface area contributed by atoms with E-state index >= 15 is 0 Å². The van der Waals surface area contributed by atoms with E-state index in [1.165, 1.54) is 0 Å². The maximum atomic E-state index is 13.1. The fourth-order valence-electron chi connectivity index (χ4n) is 3.86. The molecule has 4 rings (SSSR count). The number of ether oxygens (including phenoxy) is 2. The number of rotatable bonds is 9. The van der Waals surface area contributed by atoms with Crippen molar-refractivity contribution in [3.8, 4) is 0 Å². The van der Waals surface area contributed by atoms with E-state index in [9.17, 15) is 4.79 Å². The Morgan fingerprint density at radius 3 is 2.12 bits per heavy atom. The molecule has 2 aliphatic heterocycles. The van der Waals surface area contributed by atoms with E-state index in [-0.39, 0.29) is 42.8 Å². The highest BCUT2D eigenvalue weighted by Crippen LogP contribution is 2.11. The minimum atomic E-state index is -0.0201. The topological polar surface area (TPSA) is 83.4 Å². The second kappa shape index (κ2) is 15.7. The fourth-order valence-corrected chi connectivity index (χ4v) is 3.86. The first-order valence-corrected chi connectivity index (χ1v) is 10.9. The van der Waals surface area contributed by atoms with Gasteiger partial charge in [0.05, 0.1) is 32.0 Å². The van der Waals surface area contributed by atoms with E-state index in [1.807, 2.05) is 18.2 Å². The molecule has 0 radical (unpaired) electrons. The van der Waals surface area contributed by atoms with E-state index < -0.39 is 0 Å². The van der Waals surface area contributed by atoms with Crippen molar-refractivity contribution < 1.29 is 9.47 Å². The first kappa shape index (κ1) is 29.9. The minimum absolute atomic E-state index is 0. The summed E-state index contributed by atoms with van der Waals surface area (Å²) in [4.78, 5) is 22.6. The van der Waals surface area contributed by atoms with Crippen LogP contribution in [0.2, 0.25) is 0 Å². The molecule has 0 amide bonds. The van der Waals surface area contributed by atoms with Crippen LogP contribution in [0.4, 0.5) is 5.82 Å². The smallest absolute Gasteiger partial charge is 0.264 e. The molecule has 2 fully saturated rings. The van der Waals surface area contributed by atoms with Crippen LogP contribution in [-0.2, 0) is 16.0 Å². The number of nitrogens with one attached hydrogen (secondary N) is 2. The zero-order chi connectivity index (χ0) is 20.6. The summed E-state index contributed by atoms with van der Waals surface area (Å²) in [5, 5.41) is 6.84. The number of aromatic nitrogens is 2. The first-order chi connectivity index (χ1) is 14.8. The van der Waals surface area contributed by atoms with Crippen molar-refractivity contribution in [3.63, 3.8) is 0 Å². The average Bonchev–Trinajstić information content (AvgIpc) is 2.80. The molecule has 2 aromatic heterocycles. The van der Waals surface area contributed by atoms with Gasteiger partial charge in [0.15, 0.2) is 0 Å². The highest BCUT2D eigenvalue weighted by molar-refractivity contribution is 5.86. The van der Waals surface area contributed by atoms with Gasteiger partial charge in [-0.3, -0.25) is 19.0 Å². The summed E-state index contributed by atoms with van der Waals surface area (Å²) >= 11 is 0. The van der Waals surface area contributed by atoms with Crippen molar-refractivity contribution in [1.82, 2.24) is 24.5 Å². The quantitative estimate of drug-likeness (QED) is 0.472. The van der Waals surface area contributed by atoms with Crippen LogP contribution in [-0.4, -0.2) is 98.0 Å². The molecule has 9 nitrogen and oxygen atoms in total. The van der Waals surface area contributed by atoms with Crippen molar-refractivity contribution in [3.05, 3.63) is 40.3 Å². The molecule has 0 bridgehead atoms. The van der Waals surface area contributed by atoms with Crippen LogP contribution < -0.4 is 16.2 Å². The van der Waals surface area contributed by atoms with Gasteiger partial charge >= 0.3 is 0 Å². The van der Waals surface area contributed by atoms with Crippen LogP contribution in [0.1, 0.15) is 5.56 Å². The molecule has 4 heterocycles. The molecule has 188 valence electrons. The Morgan fingerprint density at radius 1 is 0.879 bits per heavy atom. The molecule has 2 aliphatic rings. The third-order valence-electron chi connectivity index (χ3n) is 5.66. The second-order valence-electron chi connectivity index (χ2n) is 7.68. The van der Waals surface area contributed by atoms with Gasteiger partial charge in [-0.2, -0.15) is 0 Å². The van der Waals surface area contributed by atoms with E-state index in [4.69, 9.17) is 14.5 Å². The minimum Gasteiger partial charge on any atom is -0.379 e. The predicted molar refractivity (Wildman–Crippen MR) is 138 cm³/mol. The van der Waals surface area contributed by atoms with Gasteiger partial charge in [-0.25, -0.2) is 4.98 Å². The molecule has 2 aromatic rings. The highest BCUT2D eigenvalue weighted by atomic mass is 35.5. The Bertz CT molecular complexity index is 876. The van der Waals surface area contributed by atoms with Crippen molar-refractivity contribution in [2.24, 2.45) is 0 Å². The molecule has 33 heavy (non-hydrogen) atoms. The van der Waals surface area contributed by atoms with Crippen LogP contribution in [0.3, 0.4) is 0 Å². The number of nitrogens with zero attached hydrogens (tertiary/aromatic N) is 4. The lowest BCUT2D eigenvalue weighted by Gasteiger charge is -2.27. The van der Waals surface area contributed by atoms with Gasteiger partial charge in [-0.15, -0.1) is 37.2 Å². The Labute approximate surface area is 213 Å². The number of fused-ring (bicyclic) bond motifs is 1. The molecule has 12 heteroatoms. The van der Waals surface area contributed by atoms with Crippen LogP contribution in [0, 0.1) is 0 Å². The summed E-state index contributed by atoms with van der Waals surface area (Å²) in [6.45, 7) is 10.9. The summed E-state index contributed by atoms with van der Waals surface area (Å²) in [6, 6.07) is 5.63. The number of pyridine rings is 1. The van der Waals surface area contributed by atoms with E-state index in [2.05, 4.69) is 20.4 Å². The standard InChI is InChI=1S/C21H32N6O3.3ClH/c28-21-18(17-22-4-7-25-9-13-29-14-10-25)20(24-19-3-1-2-6-27(19)21)23-5-8-26-11-15-30-16-12-26;;;/h1-3,6,22-23H,4-5,7-17H2;3*1H. The third-order valence-corrected chi connectivity index (χ3v) is 5.66. The van der Waals surface area contributed by atoms with Crippen LogP contribution in [0.5, 0.6) is 0 Å². The van der Waals surface area contributed by atoms with E-state index in [1.54, 1.807) is 10.6 Å². The number of anilines is 1. The largest absolute Gasteiger partial charge is 0.379 e. The lowest BCUT2D eigenvalue weighted by molar-refractivity contribution is 0.0384. The van der Waals surface area contributed by atoms with E-state index in [0.29, 0.717) is 23.6 Å². The Hall–Kier alpha value is -1.17. The van der Waals surface area contributed by atoms with Gasteiger partial charge in [0.2, 0.25) is 0 Å². The van der Waals surface area contributed by atoms with Gasteiger partial charge < -0.3 is 20.1 Å². The van der Waals surface area contributed by atoms with Gasteiger partial charge in [-0.05, 0) is 12.1 Å². The molecular formula is C21H35Cl3N6O3. The second-order valence-corrected chi connectivity index (χ2v) is 7.68. The molecule has 0 atom stereocenters. The molecule has 0 aromatic carbocycles. The Morgan fingerprint density at radius 2 is 1.48 bits per heavy atom. The van der Waals surface area contributed by atoms with Gasteiger partial charge in [0.25, 0.3) is 5.56 Å². The molecule has 0 unspecified atom stereocenters. The predicted octanol–water partition coefficient (Wildman–Crippen LogP) is 1.13. The van der Waals surface area contributed by atoms with E-state index in [0.717, 1.165) is 78.8 Å². The number of halogens is 3. The normalized spacial score (nSPS) is 17.0. The zero-order valence-electron chi connectivity index (χ0n) is 18.7.